The smallest absolute Gasteiger partial charge is 0.349 e. The van der Waals surface area contributed by atoms with Gasteiger partial charge in [0.2, 0.25) is 5.95 Å². The summed E-state index contributed by atoms with van der Waals surface area (Å²) in [4.78, 5) is 18.4. The molecule has 1 N–H and O–H groups in total. The average Bonchev–Trinajstić information content (AvgIpc) is 2.48. The second kappa shape index (κ2) is 9.90. The van der Waals surface area contributed by atoms with Crippen LogP contribution in [0, 0.1) is 10.1 Å². The molecule has 7 nitrogen and oxygen atoms in total. The molecule has 0 radical (unpaired) electrons. The maximum atomic E-state index is 10.9. The van der Waals surface area contributed by atoms with E-state index in [0.29, 0.717) is 19.1 Å². The first kappa shape index (κ1) is 17.1. The molecule has 0 aliphatic rings. The predicted molar refractivity (Wildman–Crippen MR) is 81.7 cm³/mol. The minimum atomic E-state index is -0.518. The molecule has 1 aromatic rings. The predicted octanol–water partition coefficient (Wildman–Crippen LogP) is 3.56. The van der Waals surface area contributed by atoms with Gasteiger partial charge in [-0.3, -0.25) is 10.1 Å². The van der Waals surface area contributed by atoms with Crippen molar-refractivity contribution >= 4 is 11.6 Å². The van der Waals surface area contributed by atoms with E-state index < -0.39 is 4.92 Å². The van der Waals surface area contributed by atoms with Crippen LogP contribution in [0.2, 0.25) is 0 Å². The summed E-state index contributed by atoms with van der Waals surface area (Å²) in [5, 5.41) is 13.9. The van der Waals surface area contributed by atoms with Crippen LogP contribution in [-0.4, -0.2) is 28.0 Å². The van der Waals surface area contributed by atoms with Crippen molar-refractivity contribution < 1.29 is 9.66 Å². The summed E-state index contributed by atoms with van der Waals surface area (Å²) in [7, 11) is 0. The van der Waals surface area contributed by atoms with Crippen LogP contribution in [0.5, 0.6) is 5.88 Å². The number of hydrogen-bond donors (Lipinski definition) is 1. The monoisotopic (exact) mass is 296 g/mol. The maximum absolute atomic E-state index is 10.9. The molecule has 1 rings (SSSR count). The lowest BCUT2D eigenvalue weighted by Crippen LogP contribution is -2.08. The molecule has 0 spiro atoms. The summed E-state index contributed by atoms with van der Waals surface area (Å²) in [6.45, 7) is 5.33. The molecule has 21 heavy (non-hydrogen) atoms. The van der Waals surface area contributed by atoms with Gasteiger partial charge in [0.15, 0.2) is 0 Å². The SMILES string of the molecule is CCCCCCCOc1nc(NCCC)ncc1[N+](=O)[O-]. The van der Waals surface area contributed by atoms with Crippen LogP contribution in [0.3, 0.4) is 0 Å². The Morgan fingerprint density at radius 2 is 2.00 bits per heavy atom. The fraction of sp³-hybridized carbons (Fsp3) is 0.714. The highest BCUT2D eigenvalue weighted by Gasteiger charge is 2.18. The highest BCUT2D eigenvalue weighted by molar-refractivity contribution is 5.43. The van der Waals surface area contributed by atoms with Gasteiger partial charge in [-0.15, -0.1) is 0 Å². The summed E-state index contributed by atoms with van der Waals surface area (Å²) >= 11 is 0. The molecular weight excluding hydrogens is 272 g/mol. The first-order valence-corrected chi connectivity index (χ1v) is 7.57. The Balaban J connectivity index is 2.57. The highest BCUT2D eigenvalue weighted by atomic mass is 16.6. The topological polar surface area (TPSA) is 90.2 Å². The molecule has 0 fully saturated rings. The summed E-state index contributed by atoms with van der Waals surface area (Å²) in [6.07, 6.45) is 7.61. The molecule has 1 aromatic heterocycles. The van der Waals surface area contributed by atoms with Gasteiger partial charge in [-0.25, -0.2) is 4.98 Å². The van der Waals surface area contributed by atoms with Crippen LogP contribution in [0.25, 0.3) is 0 Å². The molecule has 0 amide bonds. The maximum Gasteiger partial charge on any atom is 0.349 e. The van der Waals surface area contributed by atoms with E-state index in [1.807, 2.05) is 6.92 Å². The summed E-state index contributed by atoms with van der Waals surface area (Å²) in [5.41, 5.74) is -0.189. The number of hydrogen-bond acceptors (Lipinski definition) is 6. The number of nitrogens with one attached hydrogen (secondary N) is 1. The van der Waals surface area contributed by atoms with Crippen molar-refractivity contribution in [3.05, 3.63) is 16.3 Å². The van der Waals surface area contributed by atoms with Crippen LogP contribution in [0.4, 0.5) is 11.6 Å². The Labute approximate surface area is 125 Å². The first-order chi connectivity index (χ1) is 10.2. The quantitative estimate of drug-likeness (QED) is 0.381. The fourth-order valence-electron chi connectivity index (χ4n) is 1.79. The standard InChI is InChI=1S/C14H24N4O3/c1-3-5-6-7-8-10-21-13-12(18(19)20)11-16-14(17-13)15-9-4-2/h11H,3-10H2,1-2H3,(H,15,16,17). The molecule has 0 unspecified atom stereocenters. The van der Waals surface area contributed by atoms with Crippen LogP contribution in [-0.2, 0) is 0 Å². The van der Waals surface area contributed by atoms with E-state index in [1.54, 1.807) is 0 Å². The summed E-state index contributed by atoms with van der Waals surface area (Å²) in [5.74, 6) is 0.410. The molecule has 1 heterocycles. The van der Waals surface area contributed by atoms with Gasteiger partial charge in [0, 0.05) is 6.54 Å². The minimum Gasteiger partial charge on any atom is -0.473 e. The third kappa shape index (κ3) is 6.37. The number of nitro groups is 1. The van der Waals surface area contributed by atoms with Gasteiger partial charge in [-0.1, -0.05) is 39.5 Å². The third-order valence-electron chi connectivity index (χ3n) is 2.95. The molecule has 0 aliphatic heterocycles. The van der Waals surface area contributed by atoms with Gasteiger partial charge in [0.25, 0.3) is 5.88 Å². The molecule has 0 saturated heterocycles. The summed E-state index contributed by atoms with van der Waals surface area (Å²) in [6, 6.07) is 0. The molecule has 7 heteroatoms. The van der Waals surface area contributed by atoms with E-state index in [9.17, 15) is 10.1 Å². The highest BCUT2D eigenvalue weighted by Crippen LogP contribution is 2.24. The van der Waals surface area contributed by atoms with Gasteiger partial charge < -0.3 is 10.1 Å². The van der Waals surface area contributed by atoms with Crippen molar-refractivity contribution in [1.29, 1.82) is 0 Å². The number of rotatable bonds is 11. The van der Waals surface area contributed by atoms with Gasteiger partial charge in [-0.05, 0) is 12.8 Å². The summed E-state index contributed by atoms with van der Waals surface area (Å²) < 4.78 is 5.47. The lowest BCUT2D eigenvalue weighted by molar-refractivity contribution is -0.386. The van der Waals surface area contributed by atoms with E-state index in [1.165, 1.54) is 19.0 Å². The zero-order valence-electron chi connectivity index (χ0n) is 12.8. The van der Waals surface area contributed by atoms with E-state index >= 15 is 0 Å². The molecule has 0 atom stereocenters. The molecule has 0 aromatic carbocycles. The number of nitrogens with zero attached hydrogens (tertiary/aromatic N) is 3. The van der Waals surface area contributed by atoms with Gasteiger partial charge in [-0.2, -0.15) is 4.98 Å². The van der Waals surface area contributed by atoms with E-state index in [4.69, 9.17) is 4.74 Å². The van der Waals surface area contributed by atoms with E-state index in [0.717, 1.165) is 25.7 Å². The Morgan fingerprint density at radius 3 is 2.67 bits per heavy atom. The second-order valence-corrected chi connectivity index (χ2v) is 4.83. The van der Waals surface area contributed by atoms with Crippen LogP contribution < -0.4 is 10.1 Å². The molecule has 0 aliphatic carbocycles. The Hall–Kier alpha value is -1.92. The van der Waals surface area contributed by atoms with Gasteiger partial charge >= 0.3 is 5.69 Å². The van der Waals surface area contributed by atoms with Crippen molar-refractivity contribution in [2.45, 2.75) is 52.4 Å². The van der Waals surface area contributed by atoms with Crippen molar-refractivity contribution in [1.82, 2.24) is 9.97 Å². The number of unbranched alkanes of at least 4 members (excludes halogenated alkanes) is 4. The number of anilines is 1. The second-order valence-electron chi connectivity index (χ2n) is 4.83. The van der Waals surface area contributed by atoms with Gasteiger partial charge in [0.05, 0.1) is 11.5 Å². The van der Waals surface area contributed by atoms with Crippen molar-refractivity contribution in [2.24, 2.45) is 0 Å². The minimum absolute atomic E-state index is 0.0455. The van der Waals surface area contributed by atoms with E-state index in [-0.39, 0.29) is 11.6 Å². The Kier molecular flexibility index (Phi) is 8.08. The third-order valence-corrected chi connectivity index (χ3v) is 2.95. The van der Waals surface area contributed by atoms with Crippen LogP contribution in [0.1, 0.15) is 52.4 Å². The zero-order chi connectivity index (χ0) is 15.5. The molecule has 118 valence electrons. The Morgan fingerprint density at radius 1 is 1.24 bits per heavy atom. The largest absolute Gasteiger partial charge is 0.473 e. The Bertz CT molecular complexity index is 440. The van der Waals surface area contributed by atoms with Crippen molar-refractivity contribution in [3.8, 4) is 5.88 Å². The van der Waals surface area contributed by atoms with Crippen LogP contribution in [0.15, 0.2) is 6.20 Å². The average molecular weight is 296 g/mol. The lowest BCUT2D eigenvalue weighted by Gasteiger charge is -2.08. The first-order valence-electron chi connectivity index (χ1n) is 7.57. The zero-order valence-corrected chi connectivity index (χ0v) is 12.8. The van der Waals surface area contributed by atoms with Gasteiger partial charge in [0.1, 0.15) is 6.20 Å². The van der Waals surface area contributed by atoms with Crippen LogP contribution >= 0.6 is 0 Å². The van der Waals surface area contributed by atoms with Crippen molar-refractivity contribution in [2.75, 3.05) is 18.5 Å². The lowest BCUT2D eigenvalue weighted by atomic mass is 10.2. The number of aromatic nitrogens is 2. The molecular formula is C14H24N4O3. The van der Waals surface area contributed by atoms with Crippen molar-refractivity contribution in [3.63, 3.8) is 0 Å². The normalized spacial score (nSPS) is 10.4. The van der Waals surface area contributed by atoms with E-state index in [2.05, 4.69) is 22.2 Å². The fourth-order valence-corrected chi connectivity index (χ4v) is 1.79. The molecule has 0 bridgehead atoms. The molecule has 0 saturated carbocycles. The number of ether oxygens (including phenoxy) is 1.